The van der Waals surface area contributed by atoms with Gasteiger partial charge in [-0.3, -0.25) is 9.59 Å². The van der Waals surface area contributed by atoms with E-state index in [-0.39, 0.29) is 16.7 Å². The topological polar surface area (TPSA) is 46.2 Å². The predicted molar refractivity (Wildman–Crippen MR) is 75.9 cm³/mol. The van der Waals surface area contributed by atoms with Crippen molar-refractivity contribution in [3.05, 3.63) is 11.6 Å². The minimum atomic E-state index is -0.163. The summed E-state index contributed by atoms with van der Waals surface area (Å²) in [6.45, 7) is 3.02. The fourth-order valence-electron chi connectivity index (χ4n) is 5.91. The number of fused-ring (bicyclic) bond motifs is 1. The van der Waals surface area contributed by atoms with Crippen LogP contribution in [0.4, 0.5) is 0 Å². The third-order valence-corrected chi connectivity index (χ3v) is 6.79. The second kappa shape index (κ2) is 3.96. The molecule has 1 saturated heterocycles. The lowest BCUT2D eigenvalue weighted by molar-refractivity contribution is -0.160. The van der Waals surface area contributed by atoms with Crippen LogP contribution in [-0.2, 0) is 9.59 Å². The van der Waals surface area contributed by atoms with Gasteiger partial charge in [-0.25, -0.2) is 0 Å². The molecule has 1 aliphatic heterocycles. The van der Waals surface area contributed by atoms with Crippen LogP contribution in [0.3, 0.4) is 0 Å². The van der Waals surface area contributed by atoms with Gasteiger partial charge in [0, 0.05) is 18.4 Å². The van der Waals surface area contributed by atoms with Crippen LogP contribution in [-0.4, -0.2) is 18.2 Å². The number of ketones is 1. The van der Waals surface area contributed by atoms with Crippen LogP contribution in [0.2, 0.25) is 0 Å². The van der Waals surface area contributed by atoms with Crippen molar-refractivity contribution in [1.29, 1.82) is 0 Å². The first-order chi connectivity index (χ1) is 9.56. The van der Waals surface area contributed by atoms with Crippen LogP contribution in [0, 0.1) is 22.7 Å². The van der Waals surface area contributed by atoms with Crippen molar-refractivity contribution in [2.45, 2.75) is 51.9 Å². The Morgan fingerprint density at radius 1 is 1.20 bits per heavy atom. The van der Waals surface area contributed by atoms with E-state index in [2.05, 4.69) is 12.2 Å². The number of hydrogen-bond donors (Lipinski definition) is 1. The SMILES string of the molecule is CC12CCCC3(CNC1=O)[C@@H]1CCC(=O)C=C1CC[C@H]23. The van der Waals surface area contributed by atoms with Gasteiger partial charge in [-0.05, 0) is 55.4 Å². The first kappa shape index (κ1) is 12.6. The molecule has 0 spiro atoms. The lowest BCUT2D eigenvalue weighted by Gasteiger charge is -2.62. The summed E-state index contributed by atoms with van der Waals surface area (Å²) in [4.78, 5) is 24.1. The molecule has 1 amide bonds. The zero-order valence-electron chi connectivity index (χ0n) is 12.2. The standard InChI is InChI=1S/C17H23NO2/c1-16-7-2-8-17(10-18-15(16)20)13-5-4-12(19)9-11(13)3-6-14(16)17/h9,13-14H,2-8,10H2,1H3,(H,18,20)/t13-,14-,16?,17?/m1/s1. The van der Waals surface area contributed by atoms with Gasteiger partial charge >= 0.3 is 0 Å². The van der Waals surface area contributed by atoms with E-state index in [0.717, 1.165) is 38.6 Å². The van der Waals surface area contributed by atoms with Gasteiger partial charge in [-0.2, -0.15) is 0 Å². The molecule has 2 unspecified atom stereocenters. The average Bonchev–Trinajstić information content (AvgIpc) is 2.43. The summed E-state index contributed by atoms with van der Waals surface area (Å²) in [5.74, 6) is 1.65. The third-order valence-electron chi connectivity index (χ3n) is 6.79. The summed E-state index contributed by atoms with van der Waals surface area (Å²) in [6, 6.07) is 0. The highest BCUT2D eigenvalue weighted by Gasteiger charge is 2.62. The predicted octanol–water partition coefficient (Wildman–Crippen LogP) is 2.61. The molecule has 2 saturated carbocycles. The van der Waals surface area contributed by atoms with E-state index in [1.165, 1.54) is 12.0 Å². The minimum absolute atomic E-state index is 0.163. The maximum absolute atomic E-state index is 12.4. The van der Waals surface area contributed by atoms with E-state index < -0.39 is 0 Å². The Labute approximate surface area is 120 Å². The molecule has 3 heteroatoms. The molecule has 0 aromatic carbocycles. The van der Waals surface area contributed by atoms with Crippen LogP contribution >= 0.6 is 0 Å². The minimum Gasteiger partial charge on any atom is -0.355 e. The van der Waals surface area contributed by atoms with E-state index in [9.17, 15) is 9.59 Å². The first-order valence-electron chi connectivity index (χ1n) is 8.08. The van der Waals surface area contributed by atoms with Gasteiger partial charge in [0.25, 0.3) is 0 Å². The second-order valence-corrected chi connectivity index (χ2v) is 7.55. The largest absolute Gasteiger partial charge is 0.355 e. The number of carbonyl (C=O) groups excluding carboxylic acids is 2. The van der Waals surface area contributed by atoms with Gasteiger partial charge in [0.2, 0.25) is 5.91 Å². The van der Waals surface area contributed by atoms with Gasteiger partial charge in [-0.1, -0.05) is 18.9 Å². The number of piperidine rings is 1. The smallest absolute Gasteiger partial charge is 0.226 e. The zero-order chi connectivity index (χ0) is 14.0. The average molecular weight is 273 g/mol. The van der Waals surface area contributed by atoms with E-state index >= 15 is 0 Å². The number of carbonyl (C=O) groups is 2. The fourth-order valence-corrected chi connectivity index (χ4v) is 5.91. The van der Waals surface area contributed by atoms with Crippen molar-refractivity contribution in [2.24, 2.45) is 22.7 Å². The number of amides is 1. The Morgan fingerprint density at radius 2 is 2.05 bits per heavy atom. The maximum Gasteiger partial charge on any atom is 0.226 e. The number of nitrogens with one attached hydrogen (secondary N) is 1. The maximum atomic E-state index is 12.4. The molecular formula is C17H23NO2. The van der Waals surface area contributed by atoms with Crippen molar-refractivity contribution in [1.82, 2.24) is 5.32 Å². The molecule has 3 aliphatic carbocycles. The molecule has 0 aromatic rings. The summed E-state index contributed by atoms with van der Waals surface area (Å²) in [5, 5.41) is 3.21. The monoisotopic (exact) mass is 273 g/mol. The van der Waals surface area contributed by atoms with Crippen molar-refractivity contribution < 1.29 is 9.59 Å². The number of hydrogen-bond acceptors (Lipinski definition) is 2. The normalized spacial score (nSPS) is 47.0. The van der Waals surface area contributed by atoms with Gasteiger partial charge in [0.15, 0.2) is 5.78 Å². The van der Waals surface area contributed by atoms with Crippen LogP contribution in [0.15, 0.2) is 11.6 Å². The lowest BCUT2D eigenvalue weighted by atomic mass is 9.43. The molecule has 0 radical (unpaired) electrons. The molecule has 1 N–H and O–H groups in total. The highest BCUT2D eigenvalue weighted by molar-refractivity contribution is 5.91. The Kier molecular flexibility index (Phi) is 2.49. The van der Waals surface area contributed by atoms with E-state index in [1.54, 1.807) is 0 Å². The van der Waals surface area contributed by atoms with Crippen molar-refractivity contribution in [3.63, 3.8) is 0 Å². The van der Waals surface area contributed by atoms with E-state index in [4.69, 9.17) is 0 Å². The van der Waals surface area contributed by atoms with Gasteiger partial charge in [0.05, 0.1) is 0 Å². The van der Waals surface area contributed by atoms with Crippen molar-refractivity contribution >= 4 is 11.7 Å². The summed E-state index contributed by atoms with van der Waals surface area (Å²) in [5.41, 5.74) is 1.47. The zero-order valence-corrected chi connectivity index (χ0v) is 12.2. The molecule has 3 nitrogen and oxygen atoms in total. The third kappa shape index (κ3) is 1.41. The summed E-state index contributed by atoms with van der Waals surface area (Å²) < 4.78 is 0. The van der Waals surface area contributed by atoms with Crippen molar-refractivity contribution in [2.75, 3.05) is 6.54 Å². The van der Waals surface area contributed by atoms with Crippen LogP contribution in [0.1, 0.15) is 51.9 Å². The summed E-state index contributed by atoms with van der Waals surface area (Å²) in [6.07, 6.45) is 9.20. The second-order valence-electron chi connectivity index (χ2n) is 7.55. The highest BCUT2D eigenvalue weighted by atomic mass is 16.2. The van der Waals surface area contributed by atoms with E-state index in [1.807, 2.05) is 6.08 Å². The van der Waals surface area contributed by atoms with Crippen LogP contribution in [0.5, 0.6) is 0 Å². The molecule has 108 valence electrons. The lowest BCUT2D eigenvalue weighted by Crippen LogP contribution is -2.66. The van der Waals surface area contributed by atoms with Crippen LogP contribution in [0.25, 0.3) is 0 Å². The van der Waals surface area contributed by atoms with Crippen LogP contribution < -0.4 is 5.32 Å². The number of rotatable bonds is 0. The molecule has 4 aliphatic rings. The Morgan fingerprint density at radius 3 is 2.90 bits per heavy atom. The quantitative estimate of drug-likeness (QED) is 0.737. The Hall–Kier alpha value is -1.12. The molecule has 1 heterocycles. The Bertz CT molecular complexity index is 523. The molecule has 4 rings (SSSR count). The molecular weight excluding hydrogens is 250 g/mol. The highest BCUT2D eigenvalue weighted by Crippen LogP contribution is 2.64. The summed E-state index contributed by atoms with van der Waals surface area (Å²) >= 11 is 0. The molecule has 4 atom stereocenters. The molecule has 0 aromatic heterocycles. The van der Waals surface area contributed by atoms with Gasteiger partial charge < -0.3 is 5.32 Å². The Balaban J connectivity index is 1.80. The van der Waals surface area contributed by atoms with Gasteiger partial charge in [-0.15, -0.1) is 0 Å². The van der Waals surface area contributed by atoms with E-state index in [0.29, 0.717) is 24.0 Å². The number of allylic oxidation sites excluding steroid dienone is 2. The summed E-state index contributed by atoms with van der Waals surface area (Å²) in [7, 11) is 0. The molecule has 20 heavy (non-hydrogen) atoms. The first-order valence-corrected chi connectivity index (χ1v) is 8.08. The van der Waals surface area contributed by atoms with Crippen molar-refractivity contribution in [3.8, 4) is 0 Å². The van der Waals surface area contributed by atoms with Gasteiger partial charge in [0.1, 0.15) is 0 Å². The molecule has 2 bridgehead atoms. The fraction of sp³-hybridized carbons (Fsp3) is 0.765. The molecule has 3 fully saturated rings.